The second-order valence-electron chi connectivity index (χ2n) is 6.17. The first kappa shape index (κ1) is 13.9. The Balaban J connectivity index is 1.43. The quantitative estimate of drug-likeness (QED) is 0.866. The van der Waals surface area contributed by atoms with Crippen LogP contribution in [-0.4, -0.2) is 31.4 Å². The molecule has 2 aliphatic rings. The molecular weight excluding hydrogens is 250 g/mol. The molecule has 3 heteroatoms. The molecule has 2 aliphatic heterocycles. The predicted molar refractivity (Wildman–Crippen MR) is 80.2 cm³/mol. The van der Waals surface area contributed by atoms with Crippen LogP contribution in [0, 0.1) is 0 Å². The van der Waals surface area contributed by atoms with Crippen LogP contribution in [0.15, 0.2) is 24.3 Å². The number of aryl methyl sites for hydroxylation is 1. The lowest BCUT2D eigenvalue weighted by atomic mass is 9.94. The van der Waals surface area contributed by atoms with E-state index < -0.39 is 0 Å². The van der Waals surface area contributed by atoms with Crippen LogP contribution in [0.1, 0.15) is 38.2 Å². The fourth-order valence-corrected chi connectivity index (χ4v) is 3.44. The van der Waals surface area contributed by atoms with Crippen molar-refractivity contribution < 1.29 is 9.47 Å². The number of benzene rings is 1. The molecule has 2 fully saturated rings. The highest BCUT2D eigenvalue weighted by atomic mass is 16.5. The summed E-state index contributed by atoms with van der Waals surface area (Å²) >= 11 is 0. The molecule has 3 nitrogen and oxygen atoms in total. The fourth-order valence-electron chi connectivity index (χ4n) is 3.44. The van der Waals surface area contributed by atoms with E-state index in [1.54, 1.807) is 7.11 Å². The fraction of sp³-hybridized carbons (Fsp3) is 0.647. The second-order valence-corrected chi connectivity index (χ2v) is 6.17. The van der Waals surface area contributed by atoms with Crippen molar-refractivity contribution in [2.24, 2.45) is 0 Å². The van der Waals surface area contributed by atoms with Gasteiger partial charge in [0.15, 0.2) is 0 Å². The topological polar surface area (TPSA) is 30.5 Å². The summed E-state index contributed by atoms with van der Waals surface area (Å²) in [5.41, 5.74) is 1.38. The summed E-state index contributed by atoms with van der Waals surface area (Å²) < 4.78 is 11.1. The summed E-state index contributed by atoms with van der Waals surface area (Å²) in [6.07, 6.45) is 7.00. The average Bonchev–Trinajstić information content (AvgIpc) is 3.08. The summed E-state index contributed by atoms with van der Waals surface area (Å²) in [4.78, 5) is 0. The Kier molecular flexibility index (Phi) is 4.27. The van der Waals surface area contributed by atoms with Crippen LogP contribution in [0.4, 0.5) is 0 Å². The summed E-state index contributed by atoms with van der Waals surface area (Å²) in [5.74, 6) is 0.930. The first-order chi connectivity index (χ1) is 9.74. The van der Waals surface area contributed by atoms with E-state index in [0.717, 1.165) is 12.2 Å². The minimum Gasteiger partial charge on any atom is -0.497 e. The number of ether oxygens (including phenoxy) is 2. The maximum atomic E-state index is 5.90. The van der Waals surface area contributed by atoms with Crippen LogP contribution in [0.25, 0.3) is 0 Å². The lowest BCUT2D eigenvalue weighted by molar-refractivity contribution is 0.0961. The summed E-state index contributed by atoms with van der Waals surface area (Å²) in [7, 11) is 1.71. The summed E-state index contributed by atoms with van der Waals surface area (Å²) in [6.45, 7) is 2.29. The highest BCUT2D eigenvalue weighted by molar-refractivity contribution is 5.27. The van der Waals surface area contributed by atoms with Crippen molar-refractivity contribution in [2.45, 2.75) is 63.3 Å². The van der Waals surface area contributed by atoms with Gasteiger partial charge in [0.05, 0.1) is 19.3 Å². The zero-order chi connectivity index (χ0) is 13.9. The Bertz CT molecular complexity index is 431. The van der Waals surface area contributed by atoms with Crippen LogP contribution in [0.3, 0.4) is 0 Å². The number of nitrogens with one attached hydrogen (secondary N) is 1. The predicted octanol–water partition coefficient (Wildman–Crippen LogP) is 2.93. The van der Waals surface area contributed by atoms with Crippen LogP contribution < -0.4 is 10.1 Å². The lowest BCUT2D eigenvalue weighted by Gasteiger charge is -2.24. The zero-order valence-corrected chi connectivity index (χ0v) is 12.5. The minimum atomic E-state index is 0.475. The van der Waals surface area contributed by atoms with Crippen LogP contribution in [0.2, 0.25) is 0 Å². The Morgan fingerprint density at radius 1 is 1.30 bits per heavy atom. The molecule has 1 aromatic carbocycles. The van der Waals surface area contributed by atoms with E-state index in [9.17, 15) is 0 Å². The maximum absolute atomic E-state index is 5.90. The van der Waals surface area contributed by atoms with Gasteiger partial charge in [0, 0.05) is 12.1 Å². The van der Waals surface area contributed by atoms with Crippen LogP contribution in [-0.2, 0) is 11.2 Å². The van der Waals surface area contributed by atoms with E-state index in [1.807, 2.05) is 12.1 Å². The molecule has 0 aromatic heterocycles. The van der Waals surface area contributed by atoms with Crippen LogP contribution >= 0.6 is 0 Å². The van der Waals surface area contributed by atoms with Crippen molar-refractivity contribution in [3.05, 3.63) is 29.8 Å². The third-order valence-electron chi connectivity index (χ3n) is 4.63. The van der Waals surface area contributed by atoms with E-state index in [2.05, 4.69) is 24.4 Å². The molecular formula is C17H25NO2. The standard InChI is InChI=1S/C17H25NO2/c1-12(18-16-11-15-9-10-17(16)20-15)3-4-13-5-7-14(19-2)8-6-13/h5-8,12,15-18H,3-4,9-11H2,1-2H3. The Labute approximate surface area is 121 Å². The van der Waals surface area contributed by atoms with Crippen molar-refractivity contribution >= 4 is 0 Å². The molecule has 0 spiro atoms. The van der Waals surface area contributed by atoms with Crippen molar-refractivity contribution in [1.29, 1.82) is 0 Å². The van der Waals surface area contributed by atoms with E-state index in [0.29, 0.717) is 24.3 Å². The van der Waals surface area contributed by atoms with E-state index in [-0.39, 0.29) is 0 Å². The monoisotopic (exact) mass is 275 g/mol. The van der Waals surface area contributed by atoms with Crippen molar-refractivity contribution in [1.82, 2.24) is 5.32 Å². The Morgan fingerprint density at radius 3 is 2.70 bits per heavy atom. The van der Waals surface area contributed by atoms with Gasteiger partial charge in [-0.1, -0.05) is 12.1 Å². The van der Waals surface area contributed by atoms with Gasteiger partial charge in [-0.05, 0) is 56.7 Å². The molecule has 0 aliphatic carbocycles. The molecule has 2 bridgehead atoms. The number of rotatable bonds is 6. The molecule has 0 radical (unpaired) electrons. The molecule has 0 saturated carbocycles. The van der Waals surface area contributed by atoms with Gasteiger partial charge in [0.1, 0.15) is 5.75 Å². The molecule has 4 atom stereocenters. The highest BCUT2D eigenvalue weighted by Crippen LogP contribution is 2.34. The zero-order valence-electron chi connectivity index (χ0n) is 12.5. The van der Waals surface area contributed by atoms with Gasteiger partial charge in [-0.2, -0.15) is 0 Å². The van der Waals surface area contributed by atoms with Gasteiger partial charge >= 0.3 is 0 Å². The second kappa shape index (κ2) is 6.15. The first-order valence-corrected chi connectivity index (χ1v) is 7.79. The largest absolute Gasteiger partial charge is 0.497 e. The SMILES string of the molecule is COc1ccc(CCC(C)NC2CC3CCC2O3)cc1. The molecule has 20 heavy (non-hydrogen) atoms. The summed E-state index contributed by atoms with van der Waals surface area (Å²) in [6, 6.07) is 9.52. The molecule has 0 amide bonds. The van der Waals surface area contributed by atoms with Gasteiger partial charge in [0.2, 0.25) is 0 Å². The van der Waals surface area contributed by atoms with Crippen molar-refractivity contribution in [2.75, 3.05) is 7.11 Å². The number of hydrogen-bond acceptors (Lipinski definition) is 3. The van der Waals surface area contributed by atoms with Gasteiger partial charge in [-0.25, -0.2) is 0 Å². The molecule has 2 heterocycles. The molecule has 3 rings (SSSR count). The summed E-state index contributed by atoms with van der Waals surface area (Å²) in [5, 5.41) is 3.75. The smallest absolute Gasteiger partial charge is 0.118 e. The van der Waals surface area contributed by atoms with Crippen molar-refractivity contribution in [3.8, 4) is 5.75 Å². The van der Waals surface area contributed by atoms with Gasteiger partial charge in [0.25, 0.3) is 0 Å². The third kappa shape index (κ3) is 3.15. The van der Waals surface area contributed by atoms with Crippen molar-refractivity contribution in [3.63, 3.8) is 0 Å². The van der Waals surface area contributed by atoms with Gasteiger partial charge in [-0.15, -0.1) is 0 Å². The van der Waals surface area contributed by atoms with Crippen LogP contribution in [0.5, 0.6) is 5.75 Å². The van der Waals surface area contributed by atoms with Gasteiger partial charge < -0.3 is 14.8 Å². The number of hydrogen-bond donors (Lipinski definition) is 1. The first-order valence-electron chi connectivity index (χ1n) is 7.79. The molecule has 2 saturated heterocycles. The Morgan fingerprint density at radius 2 is 2.10 bits per heavy atom. The van der Waals surface area contributed by atoms with E-state index in [1.165, 1.54) is 31.2 Å². The van der Waals surface area contributed by atoms with E-state index >= 15 is 0 Å². The maximum Gasteiger partial charge on any atom is 0.118 e. The normalized spacial score (nSPS) is 29.6. The minimum absolute atomic E-state index is 0.475. The average molecular weight is 275 g/mol. The number of fused-ring (bicyclic) bond motifs is 2. The third-order valence-corrected chi connectivity index (χ3v) is 4.63. The van der Waals surface area contributed by atoms with Gasteiger partial charge in [-0.3, -0.25) is 0 Å². The molecule has 110 valence electrons. The molecule has 1 N–H and O–H groups in total. The Hall–Kier alpha value is -1.06. The highest BCUT2D eigenvalue weighted by Gasteiger charge is 2.40. The molecule has 1 aromatic rings. The number of methoxy groups -OCH3 is 1. The van der Waals surface area contributed by atoms with E-state index in [4.69, 9.17) is 9.47 Å². The lowest BCUT2D eigenvalue weighted by Crippen LogP contribution is -2.42. The molecule has 4 unspecified atom stereocenters.